The van der Waals surface area contributed by atoms with Crippen molar-refractivity contribution < 1.29 is 9.59 Å². The first-order valence-corrected chi connectivity index (χ1v) is 9.14. The molecule has 0 aliphatic carbocycles. The van der Waals surface area contributed by atoms with Crippen LogP contribution in [0.4, 0.5) is 5.69 Å². The van der Waals surface area contributed by atoms with Gasteiger partial charge >= 0.3 is 0 Å². The third-order valence-corrected chi connectivity index (χ3v) is 4.76. The molecule has 1 aliphatic heterocycles. The molecule has 0 aromatic heterocycles. The van der Waals surface area contributed by atoms with Gasteiger partial charge in [0.15, 0.2) is 0 Å². The van der Waals surface area contributed by atoms with Gasteiger partial charge in [0.25, 0.3) is 5.91 Å². The van der Waals surface area contributed by atoms with Crippen molar-refractivity contribution in [1.82, 2.24) is 5.32 Å². The van der Waals surface area contributed by atoms with E-state index in [9.17, 15) is 9.59 Å². The standard InChI is InChI=1S/C19H19IN2O2/c20-16-7-4-6-15(12-16)19(24)21-13-14-5-3-8-17(11-14)22-10-2-1-9-18(22)23/h3-8,11-12H,1-2,9-10,13H2,(H,21,24). The van der Waals surface area contributed by atoms with Crippen LogP contribution in [0.15, 0.2) is 48.5 Å². The van der Waals surface area contributed by atoms with Crippen LogP contribution in [-0.2, 0) is 11.3 Å². The van der Waals surface area contributed by atoms with Crippen molar-refractivity contribution in [3.63, 3.8) is 0 Å². The Balaban J connectivity index is 1.66. The molecule has 0 spiro atoms. The summed E-state index contributed by atoms with van der Waals surface area (Å²) >= 11 is 2.19. The average molecular weight is 434 g/mol. The zero-order chi connectivity index (χ0) is 16.9. The highest BCUT2D eigenvalue weighted by molar-refractivity contribution is 14.1. The SMILES string of the molecule is O=C(NCc1cccc(N2CCCCC2=O)c1)c1cccc(I)c1. The van der Waals surface area contributed by atoms with Crippen LogP contribution in [0.1, 0.15) is 35.2 Å². The van der Waals surface area contributed by atoms with Gasteiger partial charge < -0.3 is 10.2 Å². The zero-order valence-corrected chi connectivity index (χ0v) is 15.5. The van der Waals surface area contributed by atoms with Crippen LogP contribution >= 0.6 is 22.6 Å². The first-order chi connectivity index (χ1) is 11.6. The van der Waals surface area contributed by atoms with E-state index in [0.717, 1.165) is 34.2 Å². The quantitative estimate of drug-likeness (QED) is 0.746. The van der Waals surface area contributed by atoms with Crippen LogP contribution in [0, 0.1) is 3.57 Å². The van der Waals surface area contributed by atoms with Crippen LogP contribution in [0.2, 0.25) is 0 Å². The van der Waals surface area contributed by atoms with E-state index < -0.39 is 0 Å². The van der Waals surface area contributed by atoms with Crippen LogP contribution in [0.25, 0.3) is 0 Å². The van der Waals surface area contributed by atoms with E-state index in [1.807, 2.05) is 47.4 Å². The molecule has 2 aromatic rings. The second kappa shape index (κ2) is 7.79. The van der Waals surface area contributed by atoms with Crippen LogP contribution < -0.4 is 10.2 Å². The predicted octanol–water partition coefficient (Wildman–Crippen LogP) is 3.74. The lowest BCUT2D eigenvalue weighted by molar-refractivity contribution is -0.119. The maximum Gasteiger partial charge on any atom is 0.251 e. The lowest BCUT2D eigenvalue weighted by Crippen LogP contribution is -2.35. The fraction of sp³-hybridized carbons (Fsp3) is 0.263. The maximum atomic E-state index is 12.2. The molecule has 1 heterocycles. The van der Waals surface area contributed by atoms with Crippen molar-refractivity contribution in [1.29, 1.82) is 0 Å². The number of nitrogens with one attached hydrogen (secondary N) is 1. The number of piperidine rings is 1. The van der Waals surface area contributed by atoms with Crippen molar-refractivity contribution in [3.05, 3.63) is 63.2 Å². The molecular weight excluding hydrogens is 415 g/mol. The zero-order valence-electron chi connectivity index (χ0n) is 13.3. The van der Waals surface area contributed by atoms with Gasteiger partial charge in [-0.15, -0.1) is 0 Å². The van der Waals surface area contributed by atoms with E-state index in [-0.39, 0.29) is 11.8 Å². The van der Waals surface area contributed by atoms with E-state index in [1.165, 1.54) is 0 Å². The third-order valence-electron chi connectivity index (χ3n) is 4.09. The molecule has 24 heavy (non-hydrogen) atoms. The second-order valence-corrected chi connectivity index (χ2v) is 7.11. The van der Waals surface area contributed by atoms with Gasteiger partial charge in [-0.3, -0.25) is 9.59 Å². The van der Waals surface area contributed by atoms with Crippen molar-refractivity contribution >= 4 is 40.1 Å². The van der Waals surface area contributed by atoms with Crippen molar-refractivity contribution in [2.75, 3.05) is 11.4 Å². The van der Waals surface area contributed by atoms with Gasteiger partial charge in [-0.05, 0) is 71.3 Å². The summed E-state index contributed by atoms with van der Waals surface area (Å²) < 4.78 is 1.03. The van der Waals surface area contributed by atoms with E-state index >= 15 is 0 Å². The molecule has 124 valence electrons. The molecular formula is C19H19IN2O2. The molecule has 4 nitrogen and oxygen atoms in total. The van der Waals surface area contributed by atoms with Gasteiger partial charge in [0.1, 0.15) is 0 Å². The molecule has 0 bridgehead atoms. The summed E-state index contributed by atoms with van der Waals surface area (Å²) in [5, 5.41) is 2.94. The molecule has 0 saturated carbocycles. The van der Waals surface area contributed by atoms with E-state index in [4.69, 9.17) is 0 Å². The minimum absolute atomic E-state index is 0.0898. The number of carbonyl (C=O) groups excluding carboxylic acids is 2. The lowest BCUT2D eigenvalue weighted by Gasteiger charge is -2.27. The van der Waals surface area contributed by atoms with E-state index in [0.29, 0.717) is 18.5 Å². The molecule has 0 atom stereocenters. The summed E-state index contributed by atoms with van der Waals surface area (Å²) in [4.78, 5) is 26.1. The molecule has 1 N–H and O–H groups in total. The van der Waals surface area contributed by atoms with Gasteiger partial charge in [-0.25, -0.2) is 0 Å². The number of hydrogen-bond acceptors (Lipinski definition) is 2. The Hall–Kier alpha value is -1.89. The number of anilines is 1. The molecule has 5 heteroatoms. The summed E-state index contributed by atoms with van der Waals surface area (Å²) in [6.07, 6.45) is 2.63. The van der Waals surface area contributed by atoms with Gasteiger partial charge in [-0.2, -0.15) is 0 Å². The molecule has 3 rings (SSSR count). The summed E-state index contributed by atoms with van der Waals surface area (Å²) in [7, 11) is 0. The second-order valence-electron chi connectivity index (χ2n) is 5.87. The number of halogens is 1. The first-order valence-electron chi connectivity index (χ1n) is 8.06. The normalized spacial score (nSPS) is 14.5. The molecule has 0 radical (unpaired) electrons. The number of rotatable bonds is 4. The fourth-order valence-electron chi connectivity index (χ4n) is 2.83. The average Bonchev–Trinajstić information content (AvgIpc) is 2.60. The maximum absolute atomic E-state index is 12.2. The highest BCUT2D eigenvalue weighted by atomic mass is 127. The Morgan fingerprint density at radius 1 is 1.12 bits per heavy atom. The van der Waals surface area contributed by atoms with Gasteiger partial charge in [0.05, 0.1) is 0 Å². The van der Waals surface area contributed by atoms with Crippen molar-refractivity contribution in [2.24, 2.45) is 0 Å². The summed E-state index contributed by atoms with van der Waals surface area (Å²) in [5.41, 5.74) is 2.56. The Bertz CT molecular complexity index is 761. The number of benzene rings is 2. The first kappa shape index (κ1) is 17.0. The van der Waals surface area contributed by atoms with E-state index in [2.05, 4.69) is 27.9 Å². The van der Waals surface area contributed by atoms with Crippen molar-refractivity contribution in [2.45, 2.75) is 25.8 Å². The molecule has 2 amide bonds. The molecule has 2 aromatic carbocycles. The Kier molecular flexibility index (Phi) is 5.50. The van der Waals surface area contributed by atoms with Gasteiger partial charge in [0, 0.05) is 34.3 Å². The topological polar surface area (TPSA) is 49.4 Å². The Morgan fingerprint density at radius 3 is 2.75 bits per heavy atom. The van der Waals surface area contributed by atoms with Crippen LogP contribution in [-0.4, -0.2) is 18.4 Å². The van der Waals surface area contributed by atoms with Crippen LogP contribution in [0.3, 0.4) is 0 Å². The monoisotopic (exact) mass is 434 g/mol. The lowest BCUT2D eigenvalue weighted by atomic mass is 10.1. The van der Waals surface area contributed by atoms with E-state index in [1.54, 1.807) is 6.07 Å². The summed E-state index contributed by atoms with van der Waals surface area (Å²) in [6.45, 7) is 1.22. The Labute approximate surface area is 155 Å². The number of hydrogen-bond donors (Lipinski definition) is 1. The third kappa shape index (κ3) is 4.14. The number of nitrogens with zero attached hydrogens (tertiary/aromatic N) is 1. The Morgan fingerprint density at radius 2 is 1.96 bits per heavy atom. The largest absolute Gasteiger partial charge is 0.348 e. The minimum atomic E-state index is -0.0898. The minimum Gasteiger partial charge on any atom is -0.348 e. The number of amides is 2. The summed E-state index contributed by atoms with van der Waals surface area (Å²) in [6, 6.07) is 15.3. The van der Waals surface area contributed by atoms with Gasteiger partial charge in [-0.1, -0.05) is 18.2 Å². The van der Waals surface area contributed by atoms with Crippen molar-refractivity contribution in [3.8, 4) is 0 Å². The van der Waals surface area contributed by atoms with Crippen LogP contribution in [0.5, 0.6) is 0 Å². The highest BCUT2D eigenvalue weighted by Gasteiger charge is 2.19. The molecule has 1 saturated heterocycles. The molecule has 0 unspecified atom stereocenters. The fourth-order valence-corrected chi connectivity index (χ4v) is 3.37. The van der Waals surface area contributed by atoms with Gasteiger partial charge in [0.2, 0.25) is 5.91 Å². The molecule has 1 aliphatic rings. The molecule has 1 fully saturated rings. The smallest absolute Gasteiger partial charge is 0.251 e. The summed E-state index contributed by atoms with van der Waals surface area (Å²) in [5.74, 6) is 0.0919. The highest BCUT2D eigenvalue weighted by Crippen LogP contribution is 2.22. The predicted molar refractivity (Wildman–Crippen MR) is 103 cm³/mol. The number of carbonyl (C=O) groups is 2.